The number of nitrogens with two attached hydrogens (primary N) is 1. The highest BCUT2D eigenvalue weighted by Crippen LogP contribution is 2.31. The van der Waals surface area contributed by atoms with E-state index >= 15 is 0 Å². The van der Waals surface area contributed by atoms with E-state index in [4.69, 9.17) is 5.73 Å². The minimum Gasteiger partial charge on any atom is -0.395 e. The fourth-order valence-corrected chi connectivity index (χ4v) is 1.90. The molecule has 1 aromatic rings. The molecule has 2 unspecified atom stereocenters. The quantitative estimate of drug-likeness (QED) is 0.600. The second kappa shape index (κ2) is 4.66. The molecule has 0 saturated carbocycles. The molecule has 0 saturated heterocycles. The molecule has 0 fully saturated rings. The van der Waals surface area contributed by atoms with Gasteiger partial charge < -0.3 is 10.8 Å². The van der Waals surface area contributed by atoms with Crippen molar-refractivity contribution in [2.75, 3.05) is 5.73 Å². The van der Waals surface area contributed by atoms with Crippen LogP contribution in [0.3, 0.4) is 0 Å². The summed E-state index contributed by atoms with van der Waals surface area (Å²) in [6.45, 7) is 3.58. The standard InChI is InChI=1S/C10H14FNOS/c1-6(13)7(2)14-9-5-3-4-8(11)10(9)12/h3-7,13H,12H2,1-2H3. The molecule has 0 aliphatic heterocycles. The van der Waals surface area contributed by atoms with Crippen molar-refractivity contribution < 1.29 is 9.50 Å². The summed E-state index contributed by atoms with van der Waals surface area (Å²) in [6, 6.07) is 4.69. The molecule has 0 aromatic heterocycles. The summed E-state index contributed by atoms with van der Waals surface area (Å²) in [6.07, 6.45) is -0.442. The van der Waals surface area contributed by atoms with E-state index in [0.29, 0.717) is 4.90 Å². The van der Waals surface area contributed by atoms with Gasteiger partial charge in [0.15, 0.2) is 0 Å². The Morgan fingerprint density at radius 2 is 2.07 bits per heavy atom. The molecule has 3 N–H and O–H groups in total. The Morgan fingerprint density at radius 1 is 1.43 bits per heavy atom. The molecule has 0 radical (unpaired) electrons. The number of benzene rings is 1. The molecule has 1 rings (SSSR count). The lowest BCUT2D eigenvalue weighted by Gasteiger charge is -2.15. The zero-order chi connectivity index (χ0) is 10.7. The van der Waals surface area contributed by atoms with Gasteiger partial charge in [-0.3, -0.25) is 0 Å². The number of aliphatic hydroxyl groups is 1. The molecule has 4 heteroatoms. The number of halogens is 1. The van der Waals surface area contributed by atoms with Gasteiger partial charge in [-0.2, -0.15) is 0 Å². The SMILES string of the molecule is CC(O)C(C)Sc1cccc(F)c1N. The van der Waals surface area contributed by atoms with Crippen LogP contribution >= 0.6 is 11.8 Å². The number of hydrogen-bond donors (Lipinski definition) is 2. The third-order valence-electron chi connectivity index (χ3n) is 2.01. The van der Waals surface area contributed by atoms with Gasteiger partial charge in [0, 0.05) is 10.1 Å². The second-order valence-electron chi connectivity index (χ2n) is 3.22. The van der Waals surface area contributed by atoms with E-state index in [9.17, 15) is 9.50 Å². The molecular formula is C10H14FNOS. The van der Waals surface area contributed by atoms with Crippen LogP contribution in [0.1, 0.15) is 13.8 Å². The summed E-state index contributed by atoms with van der Waals surface area (Å²) >= 11 is 1.38. The van der Waals surface area contributed by atoms with E-state index in [2.05, 4.69) is 0 Å². The lowest BCUT2D eigenvalue weighted by Crippen LogP contribution is -2.15. The highest BCUT2D eigenvalue weighted by Gasteiger charge is 2.13. The van der Waals surface area contributed by atoms with Gasteiger partial charge in [0.05, 0.1) is 11.8 Å². The van der Waals surface area contributed by atoms with Crippen molar-refractivity contribution in [3.8, 4) is 0 Å². The first-order valence-electron chi connectivity index (χ1n) is 4.41. The van der Waals surface area contributed by atoms with E-state index in [0.717, 1.165) is 0 Å². The minimum absolute atomic E-state index is 0.000833. The van der Waals surface area contributed by atoms with Crippen LogP contribution in [0.15, 0.2) is 23.1 Å². The zero-order valence-corrected chi connectivity index (χ0v) is 9.01. The van der Waals surface area contributed by atoms with Crippen LogP contribution in [0.4, 0.5) is 10.1 Å². The first kappa shape index (κ1) is 11.3. The summed E-state index contributed by atoms with van der Waals surface area (Å²) in [5.41, 5.74) is 5.71. The van der Waals surface area contributed by atoms with Gasteiger partial charge in [-0.1, -0.05) is 13.0 Å². The van der Waals surface area contributed by atoms with Crippen molar-refractivity contribution in [3.63, 3.8) is 0 Å². The van der Waals surface area contributed by atoms with Gasteiger partial charge in [-0.25, -0.2) is 4.39 Å². The molecule has 0 amide bonds. The number of anilines is 1. The maximum Gasteiger partial charge on any atom is 0.147 e. The van der Waals surface area contributed by atoms with Crippen LogP contribution in [0.2, 0.25) is 0 Å². The van der Waals surface area contributed by atoms with Crippen molar-refractivity contribution >= 4 is 17.4 Å². The summed E-state index contributed by atoms with van der Waals surface area (Å²) in [7, 11) is 0. The Hall–Kier alpha value is -0.740. The monoisotopic (exact) mass is 215 g/mol. The van der Waals surface area contributed by atoms with E-state index in [1.165, 1.54) is 17.8 Å². The smallest absolute Gasteiger partial charge is 0.147 e. The molecule has 1 aromatic carbocycles. The van der Waals surface area contributed by atoms with Crippen LogP contribution in [-0.2, 0) is 0 Å². The number of para-hydroxylation sites is 1. The van der Waals surface area contributed by atoms with Crippen molar-refractivity contribution in [3.05, 3.63) is 24.0 Å². The van der Waals surface area contributed by atoms with Crippen molar-refractivity contribution in [2.45, 2.75) is 30.1 Å². The van der Waals surface area contributed by atoms with E-state index in [1.807, 2.05) is 6.92 Å². The van der Waals surface area contributed by atoms with E-state index in [1.54, 1.807) is 19.1 Å². The molecule has 2 nitrogen and oxygen atoms in total. The van der Waals surface area contributed by atoms with Crippen LogP contribution in [0.5, 0.6) is 0 Å². The Labute approximate surface area is 87.3 Å². The summed E-state index contributed by atoms with van der Waals surface area (Å²) in [4.78, 5) is 0.679. The van der Waals surface area contributed by atoms with Crippen molar-refractivity contribution in [1.29, 1.82) is 0 Å². The number of nitrogen functional groups attached to an aromatic ring is 1. The van der Waals surface area contributed by atoms with Crippen LogP contribution in [0, 0.1) is 5.82 Å². The predicted molar refractivity (Wildman–Crippen MR) is 57.8 cm³/mol. The van der Waals surface area contributed by atoms with Gasteiger partial charge in [-0.15, -0.1) is 11.8 Å². The van der Waals surface area contributed by atoms with E-state index in [-0.39, 0.29) is 10.9 Å². The van der Waals surface area contributed by atoms with Crippen molar-refractivity contribution in [1.82, 2.24) is 0 Å². The molecule has 78 valence electrons. The Kier molecular flexibility index (Phi) is 3.77. The first-order chi connectivity index (χ1) is 6.52. The Balaban J connectivity index is 2.82. The predicted octanol–water partition coefficient (Wildman–Crippen LogP) is 2.27. The van der Waals surface area contributed by atoms with E-state index < -0.39 is 11.9 Å². The Bertz CT molecular complexity index is 317. The van der Waals surface area contributed by atoms with Crippen LogP contribution in [-0.4, -0.2) is 16.5 Å². The average molecular weight is 215 g/mol. The van der Waals surface area contributed by atoms with Gasteiger partial charge in [-0.05, 0) is 19.1 Å². The number of aliphatic hydroxyl groups excluding tert-OH is 1. The molecule has 0 heterocycles. The van der Waals surface area contributed by atoms with Crippen molar-refractivity contribution in [2.24, 2.45) is 0 Å². The normalized spacial score (nSPS) is 15.1. The minimum atomic E-state index is -0.442. The molecule has 2 atom stereocenters. The average Bonchev–Trinajstić information content (AvgIpc) is 2.12. The lowest BCUT2D eigenvalue weighted by atomic mass is 10.3. The van der Waals surface area contributed by atoms with Crippen LogP contribution < -0.4 is 5.73 Å². The topological polar surface area (TPSA) is 46.2 Å². The lowest BCUT2D eigenvalue weighted by molar-refractivity contribution is 0.196. The molecule has 14 heavy (non-hydrogen) atoms. The van der Waals surface area contributed by atoms with Gasteiger partial charge in [0.1, 0.15) is 5.82 Å². The third kappa shape index (κ3) is 2.62. The summed E-state index contributed by atoms with van der Waals surface area (Å²) in [5.74, 6) is -0.409. The maximum atomic E-state index is 13.0. The van der Waals surface area contributed by atoms with Gasteiger partial charge >= 0.3 is 0 Å². The number of hydrogen-bond acceptors (Lipinski definition) is 3. The summed E-state index contributed by atoms with van der Waals surface area (Å²) < 4.78 is 13.0. The van der Waals surface area contributed by atoms with Crippen LogP contribution in [0.25, 0.3) is 0 Å². The Morgan fingerprint density at radius 3 is 2.64 bits per heavy atom. The molecule has 0 aliphatic rings. The summed E-state index contributed by atoms with van der Waals surface area (Å²) in [5, 5.41) is 9.29. The fourth-order valence-electron chi connectivity index (χ4n) is 0.919. The second-order valence-corrected chi connectivity index (χ2v) is 4.63. The zero-order valence-electron chi connectivity index (χ0n) is 8.20. The molecule has 0 bridgehead atoms. The number of rotatable bonds is 3. The molecular weight excluding hydrogens is 201 g/mol. The maximum absolute atomic E-state index is 13.0. The van der Waals surface area contributed by atoms with Gasteiger partial charge in [0.25, 0.3) is 0 Å². The highest BCUT2D eigenvalue weighted by molar-refractivity contribution is 8.00. The highest BCUT2D eigenvalue weighted by atomic mass is 32.2. The third-order valence-corrected chi connectivity index (χ3v) is 3.38. The fraction of sp³-hybridized carbons (Fsp3) is 0.400. The largest absolute Gasteiger partial charge is 0.395 e. The first-order valence-corrected chi connectivity index (χ1v) is 5.29. The molecule has 0 aliphatic carbocycles. The number of thioether (sulfide) groups is 1. The molecule has 0 spiro atoms. The van der Waals surface area contributed by atoms with Gasteiger partial charge in [0.2, 0.25) is 0 Å².